The van der Waals surface area contributed by atoms with E-state index in [1.165, 1.54) is 12.3 Å². The minimum Gasteiger partial charge on any atom is -0.384 e. The van der Waals surface area contributed by atoms with Crippen molar-refractivity contribution < 1.29 is 0 Å². The molecule has 2 aromatic rings. The van der Waals surface area contributed by atoms with Crippen molar-refractivity contribution >= 4 is 22.5 Å². The highest BCUT2D eigenvalue weighted by Gasteiger charge is 2.03. The van der Waals surface area contributed by atoms with Gasteiger partial charge in [0.15, 0.2) is 5.65 Å². The van der Waals surface area contributed by atoms with Gasteiger partial charge < -0.3 is 5.73 Å². The van der Waals surface area contributed by atoms with Crippen LogP contribution in [-0.2, 0) is 0 Å². The molecule has 0 aliphatic heterocycles. The van der Waals surface area contributed by atoms with Crippen LogP contribution < -0.4 is 5.73 Å². The van der Waals surface area contributed by atoms with Gasteiger partial charge in [-0.05, 0) is 11.2 Å². The lowest BCUT2D eigenvalue weighted by molar-refractivity contribution is 1.10. The molecule has 0 spiro atoms. The van der Waals surface area contributed by atoms with Gasteiger partial charge in [0.2, 0.25) is 0 Å². The molecule has 2 rings (SSSR count). The summed E-state index contributed by atoms with van der Waals surface area (Å²) in [7, 11) is 0. The van der Waals surface area contributed by atoms with Crippen LogP contribution in [0.3, 0.4) is 0 Å². The number of hydrogen-bond donors (Lipinski definition) is 2. The van der Waals surface area contributed by atoms with Crippen molar-refractivity contribution in [1.29, 1.82) is 0 Å². The highest BCUT2D eigenvalue weighted by atomic mass is 16.3. The monoisotopic (exact) mass is 163 g/mol. The average molecular weight is 163 g/mol. The number of H-pyrrole nitrogens is 1. The summed E-state index contributed by atoms with van der Waals surface area (Å²) < 4.78 is 0. The average Bonchev–Trinajstić information content (AvgIpc) is 2.47. The van der Waals surface area contributed by atoms with Crippen molar-refractivity contribution in [3.63, 3.8) is 0 Å². The van der Waals surface area contributed by atoms with E-state index in [0.717, 1.165) is 0 Å². The number of anilines is 1. The molecule has 3 N–H and O–H groups in total. The SMILES string of the molecule is Nc1[nH]nc2ncc(N=O)cc12. The van der Waals surface area contributed by atoms with Crippen LogP contribution in [0.2, 0.25) is 0 Å². The zero-order valence-electron chi connectivity index (χ0n) is 5.98. The Labute approximate surface area is 66.8 Å². The molecule has 6 nitrogen and oxygen atoms in total. The number of nitrogen functional groups attached to an aromatic ring is 1. The Morgan fingerprint density at radius 1 is 1.58 bits per heavy atom. The number of aromatic nitrogens is 3. The lowest BCUT2D eigenvalue weighted by atomic mass is 10.3. The minimum absolute atomic E-state index is 0.246. The summed E-state index contributed by atoms with van der Waals surface area (Å²) in [5.41, 5.74) is 6.23. The summed E-state index contributed by atoms with van der Waals surface area (Å²) in [6.07, 6.45) is 1.34. The van der Waals surface area contributed by atoms with Crippen molar-refractivity contribution in [2.24, 2.45) is 5.18 Å². The van der Waals surface area contributed by atoms with Crippen LogP contribution in [0.1, 0.15) is 0 Å². The van der Waals surface area contributed by atoms with E-state index in [4.69, 9.17) is 5.73 Å². The van der Waals surface area contributed by atoms with Gasteiger partial charge in [0.05, 0.1) is 11.6 Å². The Kier molecular flexibility index (Phi) is 1.26. The first-order valence-electron chi connectivity index (χ1n) is 3.24. The zero-order valence-corrected chi connectivity index (χ0v) is 5.98. The number of nitrogens with zero attached hydrogens (tertiary/aromatic N) is 3. The van der Waals surface area contributed by atoms with Crippen LogP contribution in [-0.4, -0.2) is 15.2 Å². The Morgan fingerprint density at radius 2 is 2.42 bits per heavy atom. The molecule has 0 aromatic carbocycles. The highest BCUT2D eigenvalue weighted by molar-refractivity contribution is 5.87. The minimum atomic E-state index is 0.246. The van der Waals surface area contributed by atoms with Crippen LogP contribution in [0.4, 0.5) is 11.5 Å². The molecule has 0 saturated carbocycles. The second-order valence-electron chi connectivity index (χ2n) is 2.29. The molecule has 60 valence electrons. The number of rotatable bonds is 1. The number of nitrogens with two attached hydrogens (primary N) is 1. The van der Waals surface area contributed by atoms with E-state index in [1.54, 1.807) is 0 Å². The third-order valence-corrected chi connectivity index (χ3v) is 1.53. The third kappa shape index (κ3) is 0.815. The fraction of sp³-hybridized carbons (Fsp3) is 0. The number of aromatic amines is 1. The molecular weight excluding hydrogens is 158 g/mol. The number of hydrogen-bond acceptors (Lipinski definition) is 5. The van der Waals surface area contributed by atoms with Crippen LogP contribution in [0, 0.1) is 4.91 Å². The summed E-state index contributed by atoms with van der Waals surface area (Å²) in [4.78, 5) is 14.0. The maximum absolute atomic E-state index is 10.1. The van der Waals surface area contributed by atoms with Gasteiger partial charge in [0.25, 0.3) is 0 Å². The van der Waals surface area contributed by atoms with Crippen molar-refractivity contribution in [3.8, 4) is 0 Å². The summed E-state index contributed by atoms with van der Waals surface area (Å²) in [5.74, 6) is 0.392. The number of fused-ring (bicyclic) bond motifs is 1. The number of nitroso groups, excluding NO2 is 1. The van der Waals surface area contributed by atoms with Crippen molar-refractivity contribution in [2.45, 2.75) is 0 Å². The first kappa shape index (κ1) is 6.71. The normalized spacial score (nSPS) is 10.3. The Bertz CT molecular complexity index is 434. The summed E-state index contributed by atoms with van der Waals surface area (Å²) in [6, 6.07) is 1.54. The van der Waals surface area contributed by atoms with E-state index >= 15 is 0 Å². The highest BCUT2D eigenvalue weighted by Crippen LogP contribution is 2.20. The smallest absolute Gasteiger partial charge is 0.183 e. The second kappa shape index (κ2) is 2.26. The van der Waals surface area contributed by atoms with E-state index < -0.39 is 0 Å². The lowest BCUT2D eigenvalue weighted by Crippen LogP contribution is -1.83. The van der Waals surface area contributed by atoms with Gasteiger partial charge in [-0.3, -0.25) is 5.10 Å². The summed E-state index contributed by atoms with van der Waals surface area (Å²) >= 11 is 0. The van der Waals surface area contributed by atoms with E-state index in [9.17, 15) is 4.91 Å². The van der Waals surface area contributed by atoms with Crippen LogP contribution in [0.5, 0.6) is 0 Å². The van der Waals surface area contributed by atoms with Crippen molar-refractivity contribution in [3.05, 3.63) is 17.2 Å². The molecule has 2 aromatic heterocycles. The summed E-state index contributed by atoms with van der Waals surface area (Å²) in [5, 5.41) is 9.69. The molecule has 0 aliphatic carbocycles. The Morgan fingerprint density at radius 3 is 3.17 bits per heavy atom. The third-order valence-electron chi connectivity index (χ3n) is 1.53. The van der Waals surface area contributed by atoms with Gasteiger partial charge >= 0.3 is 0 Å². The molecule has 0 unspecified atom stereocenters. The Hall–Kier alpha value is -1.98. The standard InChI is InChI=1S/C6H5N5O/c7-5-4-1-3(11-12)2-8-6(4)10-9-5/h1-2H,(H3,7,8,9,10). The largest absolute Gasteiger partial charge is 0.384 e. The molecule has 0 aliphatic rings. The van der Waals surface area contributed by atoms with E-state index in [-0.39, 0.29) is 5.69 Å². The van der Waals surface area contributed by atoms with Crippen LogP contribution in [0.25, 0.3) is 11.0 Å². The molecule has 2 heterocycles. The maximum Gasteiger partial charge on any atom is 0.183 e. The van der Waals surface area contributed by atoms with E-state index in [0.29, 0.717) is 16.9 Å². The fourth-order valence-electron chi connectivity index (χ4n) is 0.957. The van der Waals surface area contributed by atoms with Crippen molar-refractivity contribution in [2.75, 3.05) is 5.73 Å². The first-order chi connectivity index (χ1) is 5.81. The Balaban J connectivity index is 2.79. The maximum atomic E-state index is 10.1. The molecule has 0 saturated heterocycles. The van der Waals surface area contributed by atoms with Gasteiger partial charge in [-0.2, -0.15) is 5.10 Å². The predicted octanol–water partition coefficient (Wildman–Crippen LogP) is 0.938. The molecule has 0 fully saturated rings. The molecule has 0 amide bonds. The lowest BCUT2D eigenvalue weighted by Gasteiger charge is -1.88. The van der Waals surface area contributed by atoms with Crippen LogP contribution >= 0.6 is 0 Å². The fourth-order valence-corrected chi connectivity index (χ4v) is 0.957. The summed E-state index contributed by atoms with van der Waals surface area (Å²) in [6.45, 7) is 0. The molecule has 0 atom stereocenters. The number of pyridine rings is 1. The van der Waals surface area contributed by atoms with E-state index in [2.05, 4.69) is 20.4 Å². The molecule has 0 bridgehead atoms. The predicted molar refractivity (Wildman–Crippen MR) is 43.8 cm³/mol. The van der Waals surface area contributed by atoms with Gasteiger partial charge in [-0.25, -0.2) is 4.98 Å². The van der Waals surface area contributed by atoms with Gasteiger partial charge in [0.1, 0.15) is 11.5 Å². The van der Waals surface area contributed by atoms with Crippen LogP contribution in [0.15, 0.2) is 17.4 Å². The van der Waals surface area contributed by atoms with E-state index in [1.807, 2.05) is 0 Å². The number of nitrogens with one attached hydrogen (secondary N) is 1. The zero-order chi connectivity index (χ0) is 8.55. The molecule has 6 heteroatoms. The molecule has 12 heavy (non-hydrogen) atoms. The first-order valence-corrected chi connectivity index (χ1v) is 3.24. The van der Waals surface area contributed by atoms with Gasteiger partial charge in [-0.1, -0.05) is 0 Å². The quantitative estimate of drug-likeness (QED) is 0.611. The second-order valence-corrected chi connectivity index (χ2v) is 2.29. The topological polar surface area (TPSA) is 97.0 Å². The molecule has 0 radical (unpaired) electrons. The van der Waals surface area contributed by atoms with Gasteiger partial charge in [-0.15, -0.1) is 4.91 Å². The van der Waals surface area contributed by atoms with Crippen molar-refractivity contribution in [1.82, 2.24) is 15.2 Å². The molecular formula is C6H5N5O. The van der Waals surface area contributed by atoms with Gasteiger partial charge in [0, 0.05) is 0 Å².